The summed E-state index contributed by atoms with van der Waals surface area (Å²) in [6.45, 7) is 0.582. The van der Waals surface area contributed by atoms with E-state index < -0.39 is 41.0 Å². The van der Waals surface area contributed by atoms with Crippen molar-refractivity contribution in [2.45, 2.75) is 31.3 Å². The second-order valence-electron chi connectivity index (χ2n) is 12.1. The van der Waals surface area contributed by atoms with Crippen molar-refractivity contribution >= 4 is 16.9 Å². The Morgan fingerprint density at radius 2 is 1.56 bits per heavy atom. The number of carbonyl (C=O) groups excluding carboxylic acids is 1. The van der Waals surface area contributed by atoms with E-state index in [1.54, 1.807) is 38.5 Å². The minimum atomic E-state index is -1.20. The SMILES string of the molecule is COC(=O)C[C@H](c1oc(CN2CCc3cc(OC)c(OC)cc3[C@@H]2c2cc(OC)c(OC)c(OC)c2)cc(=O)c1O)c1coc2ccccc2c1=O. The Kier molecular flexibility index (Phi) is 10.4. The van der Waals surface area contributed by atoms with Crippen molar-refractivity contribution in [3.05, 3.63) is 115 Å². The summed E-state index contributed by atoms with van der Waals surface area (Å²) in [5.74, 6) is -0.274. The van der Waals surface area contributed by atoms with Gasteiger partial charge in [-0.2, -0.15) is 0 Å². The molecule has 5 aromatic rings. The molecule has 13 heteroatoms. The Hall–Kier alpha value is -5.95. The summed E-state index contributed by atoms with van der Waals surface area (Å²) in [6, 6.07) is 15.0. The lowest BCUT2D eigenvalue weighted by molar-refractivity contribution is -0.141. The molecule has 3 aromatic carbocycles. The smallest absolute Gasteiger partial charge is 0.306 e. The van der Waals surface area contributed by atoms with Gasteiger partial charge in [-0.15, -0.1) is 0 Å². The molecule has 1 aliphatic heterocycles. The van der Waals surface area contributed by atoms with Gasteiger partial charge in [0.1, 0.15) is 11.3 Å². The van der Waals surface area contributed by atoms with Gasteiger partial charge in [0.25, 0.3) is 0 Å². The summed E-state index contributed by atoms with van der Waals surface area (Å²) < 4.78 is 45.2. The molecular weight excluding hydrogens is 674 g/mol. The number of benzene rings is 3. The molecular formula is C39H39NO12. The first-order valence-electron chi connectivity index (χ1n) is 16.4. The van der Waals surface area contributed by atoms with Crippen LogP contribution in [0.25, 0.3) is 11.0 Å². The van der Waals surface area contributed by atoms with Gasteiger partial charge < -0.3 is 42.4 Å². The van der Waals surface area contributed by atoms with Crippen LogP contribution in [0.2, 0.25) is 0 Å². The van der Waals surface area contributed by atoms with E-state index >= 15 is 0 Å². The van der Waals surface area contributed by atoms with Gasteiger partial charge >= 0.3 is 5.97 Å². The second kappa shape index (κ2) is 15.1. The van der Waals surface area contributed by atoms with Crippen molar-refractivity contribution in [1.29, 1.82) is 0 Å². The van der Waals surface area contributed by atoms with Crippen LogP contribution in [-0.2, 0) is 22.5 Å². The predicted molar refractivity (Wildman–Crippen MR) is 189 cm³/mol. The van der Waals surface area contributed by atoms with Crippen molar-refractivity contribution in [1.82, 2.24) is 4.90 Å². The van der Waals surface area contributed by atoms with Crippen LogP contribution in [0.1, 0.15) is 52.2 Å². The molecule has 0 amide bonds. The summed E-state index contributed by atoms with van der Waals surface area (Å²) in [5.41, 5.74) is 1.86. The Bertz CT molecular complexity index is 2210. The summed E-state index contributed by atoms with van der Waals surface area (Å²) >= 11 is 0. The van der Waals surface area contributed by atoms with Crippen LogP contribution >= 0.6 is 0 Å². The number of carbonyl (C=O) groups is 1. The number of esters is 1. The molecule has 13 nitrogen and oxygen atoms in total. The van der Waals surface area contributed by atoms with Gasteiger partial charge in [0.05, 0.1) is 79.2 Å². The van der Waals surface area contributed by atoms with Crippen molar-refractivity contribution in [2.75, 3.05) is 49.2 Å². The second-order valence-corrected chi connectivity index (χ2v) is 12.1. The van der Waals surface area contributed by atoms with E-state index in [2.05, 4.69) is 4.90 Å². The Labute approximate surface area is 298 Å². The molecule has 52 heavy (non-hydrogen) atoms. The van der Waals surface area contributed by atoms with Crippen molar-refractivity contribution in [3.63, 3.8) is 0 Å². The molecule has 1 aliphatic rings. The molecule has 0 spiro atoms. The van der Waals surface area contributed by atoms with Gasteiger partial charge in [0.2, 0.25) is 16.9 Å². The molecule has 0 fully saturated rings. The van der Waals surface area contributed by atoms with Crippen LogP contribution in [0.3, 0.4) is 0 Å². The van der Waals surface area contributed by atoms with E-state index in [9.17, 15) is 19.5 Å². The van der Waals surface area contributed by atoms with Gasteiger partial charge in [-0.05, 0) is 59.5 Å². The van der Waals surface area contributed by atoms with Gasteiger partial charge in [-0.25, -0.2) is 0 Å². The molecule has 2 atom stereocenters. The standard InChI is InChI=1S/C39H39NO12/c1-45-30-13-21-11-12-40(35(25(21)17-31(30)46-2)22-14-32(47-3)39(50-6)33(15-22)48-4)19-23-16-28(41)37(44)38(52-23)26(18-34(42)49-5)27-20-51-29-10-8-7-9-24(29)36(27)43/h7-10,13-17,20,26,35,44H,11-12,18-19H2,1-6H3/t26-,35-/m0/s1. The number of fused-ring (bicyclic) bond motifs is 2. The summed E-state index contributed by atoms with van der Waals surface area (Å²) in [7, 11) is 8.95. The molecule has 0 aliphatic carbocycles. The zero-order valence-corrected chi connectivity index (χ0v) is 29.6. The van der Waals surface area contributed by atoms with E-state index in [0.29, 0.717) is 47.3 Å². The highest BCUT2D eigenvalue weighted by atomic mass is 16.5. The molecule has 0 bridgehead atoms. The normalized spacial score (nSPS) is 14.7. The Balaban J connectivity index is 1.50. The molecule has 3 heterocycles. The fourth-order valence-corrected chi connectivity index (χ4v) is 6.81. The number of rotatable bonds is 12. The number of methoxy groups -OCH3 is 6. The number of para-hydroxylation sites is 1. The van der Waals surface area contributed by atoms with Crippen LogP contribution in [-0.4, -0.2) is 65.2 Å². The van der Waals surface area contributed by atoms with Gasteiger partial charge in [-0.3, -0.25) is 19.3 Å². The van der Waals surface area contributed by atoms with Crippen LogP contribution in [0, 0.1) is 0 Å². The van der Waals surface area contributed by atoms with Crippen molar-refractivity contribution < 1.29 is 47.2 Å². The number of hydrogen-bond donors (Lipinski definition) is 1. The topological polar surface area (TPSA) is 156 Å². The highest BCUT2D eigenvalue weighted by Crippen LogP contribution is 2.46. The van der Waals surface area contributed by atoms with E-state index in [1.807, 2.05) is 24.3 Å². The molecule has 1 N–H and O–H groups in total. The van der Waals surface area contributed by atoms with Gasteiger partial charge in [0, 0.05) is 18.2 Å². The zero-order chi connectivity index (χ0) is 37.1. The van der Waals surface area contributed by atoms with E-state index in [-0.39, 0.29) is 29.0 Å². The van der Waals surface area contributed by atoms with Gasteiger partial charge in [-0.1, -0.05) is 12.1 Å². The maximum absolute atomic E-state index is 13.7. The number of aromatic hydroxyl groups is 1. The predicted octanol–water partition coefficient (Wildman–Crippen LogP) is 5.34. The first-order valence-corrected chi connectivity index (χ1v) is 16.4. The first-order chi connectivity index (χ1) is 25.1. The average molecular weight is 714 g/mol. The summed E-state index contributed by atoms with van der Waals surface area (Å²) in [6.07, 6.45) is 1.41. The summed E-state index contributed by atoms with van der Waals surface area (Å²) in [4.78, 5) is 41.9. The van der Waals surface area contributed by atoms with Crippen LogP contribution in [0.5, 0.6) is 34.5 Å². The molecule has 0 radical (unpaired) electrons. The van der Waals surface area contributed by atoms with E-state index in [4.69, 9.17) is 37.3 Å². The van der Waals surface area contributed by atoms with E-state index in [0.717, 1.165) is 16.7 Å². The van der Waals surface area contributed by atoms with Gasteiger partial charge in [0.15, 0.2) is 34.2 Å². The fourth-order valence-electron chi connectivity index (χ4n) is 6.81. The van der Waals surface area contributed by atoms with Crippen molar-refractivity contribution in [3.8, 4) is 34.5 Å². The quantitative estimate of drug-likeness (QED) is 0.166. The molecule has 0 saturated heterocycles. The Morgan fingerprint density at radius 1 is 0.885 bits per heavy atom. The Morgan fingerprint density at radius 3 is 2.21 bits per heavy atom. The maximum atomic E-state index is 13.7. The lowest BCUT2D eigenvalue weighted by atomic mass is 9.87. The maximum Gasteiger partial charge on any atom is 0.306 e. The summed E-state index contributed by atoms with van der Waals surface area (Å²) in [5, 5.41) is 11.4. The zero-order valence-electron chi connectivity index (χ0n) is 29.6. The molecule has 272 valence electrons. The molecule has 2 aromatic heterocycles. The number of hydrogen-bond acceptors (Lipinski definition) is 13. The fraction of sp³-hybridized carbons (Fsp3) is 0.308. The monoisotopic (exact) mass is 713 g/mol. The first kappa shape index (κ1) is 35.9. The molecule has 0 saturated carbocycles. The van der Waals surface area contributed by atoms with Crippen LogP contribution in [0.15, 0.2) is 79.3 Å². The number of ether oxygens (including phenoxy) is 6. The molecule has 6 rings (SSSR count). The minimum Gasteiger partial charge on any atom is -0.502 e. The lowest BCUT2D eigenvalue weighted by Gasteiger charge is -2.38. The lowest BCUT2D eigenvalue weighted by Crippen LogP contribution is -2.36. The average Bonchev–Trinajstić information content (AvgIpc) is 3.17. The highest BCUT2D eigenvalue weighted by molar-refractivity contribution is 5.77. The van der Waals surface area contributed by atoms with Crippen LogP contribution in [0.4, 0.5) is 0 Å². The largest absolute Gasteiger partial charge is 0.502 e. The number of nitrogens with zero attached hydrogens (tertiary/aromatic N) is 1. The minimum absolute atomic E-state index is 0.0166. The van der Waals surface area contributed by atoms with E-state index in [1.165, 1.54) is 40.8 Å². The van der Waals surface area contributed by atoms with Crippen molar-refractivity contribution in [2.24, 2.45) is 0 Å². The third-order valence-electron chi connectivity index (χ3n) is 9.33. The third-order valence-corrected chi connectivity index (χ3v) is 9.33. The van der Waals surface area contributed by atoms with Crippen LogP contribution < -0.4 is 34.5 Å². The third kappa shape index (κ3) is 6.62. The molecule has 0 unspecified atom stereocenters. The highest BCUT2D eigenvalue weighted by Gasteiger charge is 2.34.